The molecule has 4 amide bonds. The summed E-state index contributed by atoms with van der Waals surface area (Å²) in [5, 5.41) is 25.9. The highest BCUT2D eigenvalue weighted by Crippen LogP contribution is 2.20. The molecule has 0 aromatic heterocycles. The van der Waals surface area contributed by atoms with Gasteiger partial charge in [-0.15, -0.1) is 0 Å². The minimum Gasteiger partial charge on any atom is -0.480 e. The van der Waals surface area contributed by atoms with Crippen LogP contribution in [-0.2, 0) is 24.0 Å². The van der Waals surface area contributed by atoms with Crippen molar-refractivity contribution in [3.8, 4) is 0 Å². The Balaban J connectivity index is 2.90. The average molecular weight is 458 g/mol. The van der Waals surface area contributed by atoms with Crippen LogP contribution in [0.1, 0.15) is 47.0 Å². The zero-order chi connectivity index (χ0) is 24.6. The van der Waals surface area contributed by atoms with Gasteiger partial charge < -0.3 is 36.8 Å². The van der Waals surface area contributed by atoms with Gasteiger partial charge in [-0.1, -0.05) is 13.8 Å². The second-order valence-corrected chi connectivity index (χ2v) is 8.43. The van der Waals surface area contributed by atoms with E-state index >= 15 is 0 Å². The van der Waals surface area contributed by atoms with E-state index in [9.17, 15) is 29.1 Å². The highest BCUT2D eigenvalue weighted by atomic mass is 16.4. The molecular weight excluding hydrogens is 422 g/mol. The monoisotopic (exact) mass is 457 g/mol. The Morgan fingerprint density at radius 2 is 1.69 bits per heavy atom. The van der Waals surface area contributed by atoms with E-state index < -0.39 is 48.1 Å². The quantitative estimate of drug-likeness (QED) is 0.204. The van der Waals surface area contributed by atoms with Gasteiger partial charge in [-0.05, 0) is 32.1 Å². The molecule has 12 nitrogen and oxygen atoms in total. The van der Waals surface area contributed by atoms with Crippen LogP contribution < -0.4 is 21.7 Å². The molecule has 0 aromatic rings. The summed E-state index contributed by atoms with van der Waals surface area (Å²) in [5.41, 5.74) is 5.59. The minimum absolute atomic E-state index is 0.132. The fourth-order valence-corrected chi connectivity index (χ4v) is 3.58. The van der Waals surface area contributed by atoms with Gasteiger partial charge in [0.05, 0.1) is 6.10 Å². The van der Waals surface area contributed by atoms with Crippen LogP contribution in [0.5, 0.6) is 0 Å². The summed E-state index contributed by atoms with van der Waals surface area (Å²) < 4.78 is 0. The lowest BCUT2D eigenvalue weighted by Gasteiger charge is -2.30. The zero-order valence-corrected chi connectivity index (χ0v) is 19.0. The predicted molar refractivity (Wildman–Crippen MR) is 114 cm³/mol. The number of hydrogen-bond donors (Lipinski definition) is 6. The van der Waals surface area contributed by atoms with Crippen molar-refractivity contribution in [3.63, 3.8) is 0 Å². The molecule has 1 aliphatic heterocycles. The van der Waals surface area contributed by atoms with Crippen LogP contribution in [0.4, 0.5) is 0 Å². The second kappa shape index (κ2) is 12.3. The number of carboxylic acids is 1. The number of carbonyl (C=O) groups excluding carboxylic acids is 4. The molecule has 7 N–H and O–H groups in total. The van der Waals surface area contributed by atoms with Crippen LogP contribution in [0.3, 0.4) is 0 Å². The number of hydrogen-bond acceptors (Lipinski definition) is 7. The van der Waals surface area contributed by atoms with Gasteiger partial charge in [-0.25, -0.2) is 4.79 Å². The first-order valence-corrected chi connectivity index (χ1v) is 10.7. The number of nitrogens with two attached hydrogens (primary N) is 1. The molecular formula is C20H35N5O7. The van der Waals surface area contributed by atoms with Crippen molar-refractivity contribution < 1.29 is 34.2 Å². The fraction of sp³-hybridized carbons (Fsp3) is 0.750. The van der Waals surface area contributed by atoms with E-state index in [1.165, 1.54) is 18.7 Å². The number of amides is 4. The lowest BCUT2D eigenvalue weighted by Crippen LogP contribution is -2.60. The molecule has 182 valence electrons. The summed E-state index contributed by atoms with van der Waals surface area (Å²) >= 11 is 0. The number of nitrogens with one attached hydrogen (secondary N) is 3. The van der Waals surface area contributed by atoms with Crippen molar-refractivity contribution in [3.05, 3.63) is 0 Å². The average Bonchev–Trinajstić information content (AvgIpc) is 3.17. The molecule has 1 rings (SSSR count). The molecule has 0 bridgehead atoms. The summed E-state index contributed by atoms with van der Waals surface area (Å²) in [5.74, 6) is -3.49. The lowest BCUT2D eigenvalue weighted by atomic mass is 10.0. The number of aliphatic carboxylic acids is 1. The SMILES string of the molecule is CC(=O)N[C@@H](CC(C)C)C(=O)N1CCC[C@H]1C(=O)N[C@@H](CN)C(=O)N[C@H](C(=O)O)[C@@H](C)O. The van der Waals surface area contributed by atoms with Gasteiger partial charge in [0.1, 0.15) is 18.1 Å². The molecule has 1 fully saturated rings. The number of nitrogens with zero attached hydrogens (tertiary/aromatic N) is 1. The molecule has 5 atom stereocenters. The normalized spacial score (nSPS) is 19.6. The van der Waals surface area contributed by atoms with Gasteiger partial charge in [0.2, 0.25) is 23.6 Å². The van der Waals surface area contributed by atoms with Crippen LogP contribution in [0.25, 0.3) is 0 Å². The van der Waals surface area contributed by atoms with Crippen LogP contribution in [0.2, 0.25) is 0 Å². The molecule has 0 radical (unpaired) electrons. The van der Waals surface area contributed by atoms with Crippen LogP contribution in [-0.4, -0.2) is 88.1 Å². The molecule has 32 heavy (non-hydrogen) atoms. The number of carbonyl (C=O) groups is 5. The van der Waals surface area contributed by atoms with Crippen molar-refractivity contribution in [2.45, 2.75) is 77.2 Å². The third-order valence-electron chi connectivity index (χ3n) is 5.14. The maximum Gasteiger partial charge on any atom is 0.328 e. The lowest BCUT2D eigenvalue weighted by molar-refractivity contribution is -0.145. The number of carboxylic acid groups (broad SMARTS) is 1. The van der Waals surface area contributed by atoms with E-state index in [2.05, 4.69) is 16.0 Å². The van der Waals surface area contributed by atoms with E-state index in [1.54, 1.807) is 0 Å². The number of likely N-dealkylation sites (tertiary alicyclic amines) is 1. The van der Waals surface area contributed by atoms with Gasteiger partial charge in [0.25, 0.3) is 0 Å². The summed E-state index contributed by atoms with van der Waals surface area (Å²) in [4.78, 5) is 62.4. The van der Waals surface area contributed by atoms with E-state index in [1.807, 2.05) is 13.8 Å². The van der Waals surface area contributed by atoms with Gasteiger partial charge >= 0.3 is 5.97 Å². The van der Waals surface area contributed by atoms with Crippen molar-refractivity contribution in [2.24, 2.45) is 11.7 Å². The van der Waals surface area contributed by atoms with E-state index in [0.29, 0.717) is 25.8 Å². The van der Waals surface area contributed by atoms with Crippen LogP contribution >= 0.6 is 0 Å². The Hall–Kier alpha value is -2.73. The minimum atomic E-state index is -1.56. The standard InChI is InChI=1S/C20H35N5O7/c1-10(2)8-13(22-12(4)27)19(30)25-7-5-6-15(25)18(29)23-14(9-21)17(28)24-16(11(3)26)20(31)32/h10-11,13-16,26H,5-9,21H2,1-4H3,(H,22,27)(H,23,29)(H,24,28)(H,31,32)/t11-,13+,14+,15+,16+/m1/s1. The summed E-state index contributed by atoms with van der Waals surface area (Å²) in [7, 11) is 0. The Bertz CT molecular complexity index is 712. The van der Waals surface area contributed by atoms with Gasteiger partial charge in [-0.3, -0.25) is 19.2 Å². The second-order valence-electron chi connectivity index (χ2n) is 8.43. The van der Waals surface area contributed by atoms with Crippen LogP contribution in [0, 0.1) is 5.92 Å². The Morgan fingerprint density at radius 3 is 2.16 bits per heavy atom. The molecule has 0 unspecified atom stereocenters. The molecule has 12 heteroatoms. The number of aliphatic hydroxyl groups is 1. The predicted octanol–water partition coefficient (Wildman–Crippen LogP) is -2.08. The first kappa shape index (κ1) is 27.3. The van der Waals surface area contributed by atoms with Gasteiger partial charge in [0.15, 0.2) is 6.04 Å². The third kappa shape index (κ3) is 7.75. The highest BCUT2D eigenvalue weighted by molar-refractivity contribution is 5.95. The Kier molecular flexibility index (Phi) is 10.5. The molecule has 1 saturated heterocycles. The molecule has 0 aliphatic carbocycles. The van der Waals surface area contributed by atoms with Gasteiger partial charge in [-0.2, -0.15) is 0 Å². The van der Waals surface area contributed by atoms with Gasteiger partial charge in [0, 0.05) is 20.0 Å². The molecule has 0 saturated carbocycles. The molecule has 0 aromatic carbocycles. The first-order chi connectivity index (χ1) is 14.9. The van der Waals surface area contributed by atoms with Crippen molar-refractivity contribution >= 4 is 29.6 Å². The number of rotatable bonds is 11. The Labute approximate surface area is 187 Å². The maximum absolute atomic E-state index is 13.1. The summed E-state index contributed by atoms with van der Waals surface area (Å²) in [6, 6.07) is -4.42. The molecule has 0 spiro atoms. The van der Waals surface area contributed by atoms with Crippen molar-refractivity contribution in [1.29, 1.82) is 0 Å². The van der Waals surface area contributed by atoms with E-state index in [-0.39, 0.29) is 24.3 Å². The zero-order valence-electron chi connectivity index (χ0n) is 19.0. The fourth-order valence-electron chi connectivity index (χ4n) is 3.58. The van der Waals surface area contributed by atoms with E-state index in [4.69, 9.17) is 10.8 Å². The van der Waals surface area contributed by atoms with Crippen molar-refractivity contribution in [2.75, 3.05) is 13.1 Å². The summed E-state index contributed by atoms with van der Waals surface area (Å²) in [6.07, 6.45) is -0.00947. The van der Waals surface area contributed by atoms with Crippen molar-refractivity contribution in [1.82, 2.24) is 20.9 Å². The first-order valence-electron chi connectivity index (χ1n) is 10.7. The maximum atomic E-state index is 13.1. The largest absolute Gasteiger partial charge is 0.480 e. The Morgan fingerprint density at radius 1 is 1.06 bits per heavy atom. The summed E-state index contributed by atoms with van der Waals surface area (Å²) in [6.45, 7) is 6.37. The third-order valence-corrected chi connectivity index (χ3v) is 5.14. The number of aliphatic hydroxyl groups excluding tert-OH is 1. The molecule has 1 aliphatic rings. The topological polar surface area (TPSA) is 191 Å². The van der Waals surface area contributed by atoms with Crippen LogP contribution in [0.15, 0.2) is 0 Å². The highest BCUT2D eigenvalue weighted by Gasteiger charge is 2.39. The van der Waals surface area contributed by atoms with E-state index in [0.717, 1.165) is 0 Å². The smallest absolute Gasteiger partial charge is 0.328 e. The molecule has 1 heterocycles.